The number of esters is 1. The van der Waals surface area contributed by atoms with Gasteiger partial charge in [0, 0.05) is 4.47 Å². The van der Waals surface area contributed by atoms with Gasteiger partial charge in [0.15, 0.2) is 15.8 Å². The molecule has 10 heteroatoms. The first-order valence-electron chi connectivity index (χ1n) is 8.56. The lowest BCUT2D eigenvalue weighted by atomic mass is 10.3. The van der Waals surface area contributed by atoms with Gasteiger partial charge in [0.1, 0.15) is 5.69 Å². The fraction of sp³-hybridized carbons (Fsp3) is 0.105. The van der Waals surface area contributed by atoms with Gasteiger partial charge in [-0.15, -0.1) is 10.2 Å². The monoisotopic (exact) mass is 472 g/mol. The van der Waals surface area contributed by atoms with E-state index in [9.17, 15) is 4.79 Å². The number of nitrogens with one attached hydrogen (secondary N) is 1. The molecule has 0 aliphatic rings. The van der Waals surface area contributed by atoms with Crippen LogP contribution >= 0.6 is 27.3 Å². The van der Waals surface area contributed by atoms with E-state index in [1.165, 1.54) is 0 Å². The van der Waals surface area contributed by atoms with Crippen LogP contribution in [0.5, 0.6) is 0 Å². The normalized spacial score (nSPS) is 11.6. The quantitative estimate of drug-likeness (QED) is 0.210. The van der Waals surface area contributed by atoms with E-state index in [2.05, 4.69) is 41.7 Å². The van der Waals surface area contributed by atoms with Crippen molar-refractivity contribution in [3.63, 3.8) is 0 Å². The number of carbonyl (C=O) groups excluding carboxylic acids is 1. The number of anilines is 2. The highest BCUT2D eigenvalue weighted by Crippen LogP contribution is 2.32. The van der Waals surface area contributed by atoms with Crippen LogP contribution in [0.1, 0.15) is 12.6 Å². The van der Waals surface area contributed by atoms with Crippen LogP contribution in [0.2, 0.25) is 0 Å². The van der Waals surface area contributed by atoms with Crippen molar-refractivity contribution in [2.45, 2.75) is 6.92 Å². The number of thiazole rings is 1. The standard InChI is InChI=1S/C19H17BrN6O2S/c1-2-28-18(27)16(25-23-14-10-8-12(20)9-11-14)15-17(29-19(21)22-15)26-24-13-6-4-3-5-7-13/h3-11,23H,2H2,1H3,(H2,21,22)/b25-16-,26-24?. The Morgan fingerprint density at radius 3 is 2.59 bits per heavy atom. The minimum Gasteiger partial charge on any atom is -0.461 e. The molecule has 1 aromatic heterocycles. The number of halogens is 1. The van der Waals surface area contributed by atoms with E-state index in [4.69, 9.17) is 10.5 Å². The minimum atomic E-state index is -0.640. The molecule has 0 fully saturated rings. The molecule has 0 aliphatic carbocycles. The molecule has 3 N–H and O–H groups in total. The molecule has 0 bridgehead atoms. The Morgan fingerprint density at radius 1 is 1.17 bits per heavy atom. The first-order chi connectivity index (χ1) is 14.1. The number of carbonyl (C=O) groups is 1. The Kier molecular flexibility index (Phi) is 7.04. The zero-order valence-electron chi connectivity index (χ0n) is 15.4. The molecule has 8 nitrogen and oxygen atoms in total. The first kappa shape index (κ1) is 20.6. The van der Waals surface area contributed by atoms with Crippen LogP contribution in [0.15, 0.2) is 74.4 Å². The second-order valence-electron chi connectivity index (χ2n) is 5.54. The molecule has 0 aliphatic heterocycles. The molecule has 29 heavy (non-hydrogen) atoms. The molecule has 0 saturated heterocycles. The van der Waals surface area contributed by atoms with Crippen molar-refractivity contribution in [3.05, 3.63) is 64.8 Å². The van der Waals surface area contributed by atoms with Crippen molar-refractivity contribution in [2.75, 3.05) is 17.8 Å². The van der Waals surface area contributed by atoms with Gasteiger partial charge in [-0.3, -0.25) is 5.43 Å². The number of hydrogen-bond donors (Lipinski definition) is 2. The first-order valence-corrected chi connectivity index (χ1v) is 10.2. The smallest absolute Gasteiger partial charge is 0.361 e. The fourth-order valence-electron chi connectivity index (χ4n) is 2.19. The van der Waals surface area contributed by atoms with Gasteiger partial charge in [-0.1, -0.05) is 45.5 Å². The van der Waals surface area contributed by atoms with Gasteiger partial charge in [-0.25, -0.2) is 9.78 Å². The van der Waals surface area contributed by atoms with Crippen molar-refractivity contribution in [2.24, 2.45) is 15.3 Å². The van der Waals surface area contributed by atoms with Gasteiger partial charge < -0.3 is 10.5 Å². The third-order valence-electron chi connectivity index (χ3n) is 3.47. The maximum atomic E-state index is 12.5. The molecule has 3 rings (SSSR count). The summed E-state index contributed by atoms with van der Waals surface area (Å²) in [5.74, 6) is -0.640. The summed E-state index contributed by atoms with van der Waals surface area (Å²) in [6, 6.07) is 16.5. The summed E-state index contributed by atoms with van der Waals surface area (Å²) in [7, 11) is 0. The highest BCUT2D eigenvalue weighted by atomic mass is 79.9. The topological polar surface area (TPSA) is 114 Å². The molecule has 0 radical (unpaired) electrons. The molecule has 2 aromatic carbocycles. The van der Waals surface area contributed by atoms with Crippen molar-refractivity contribution in [1.29, 1.82) is 0 Å². The predicted octanol–water partition coefficient (Wildman–Crippen LogP) is 5.28. The molecule has 1 heterocycles. The summed E-state index contributed by atoms with van der Waals surface area (Å²) in [6.45, 7) is 1.90. The summed E-state index contributed by atoms with van der Waals surface area (Å²) in [5.41, 5.74) is 10.2. The SMILES string of the molecule is CCOC(=O)/C(=N\Nc1ccc(Br)cc1)c1nc(N)sc1N=Nc1ccccc1. The van der Waals surface area contributed by atoms with Gasteiger partial charge in [-0.05, 0) is 43.3 Å². The predicted molar refractivity (Wildman–Crippen MR) is 118 cm³/mol. The van der Waals surface area contributed by atoms with Crippen molar-refractivity contribution in [1.82, 2.24) is 4.98 Å². The zero-order valence-corrected chi connectivity index (χ0v) is 17.8. The van der Waals surface area contributed by atoms with Crippen LogP contribution in [-0.2, 0) is 9.53 Å². The summed E-state index contributed by atoms with van der Waals surface area (Å²) < 4.78 is 6.05. The van der Waals surface area contributed by atoms with E-state index in [1.807, 2.05) is 54.6 Å². The second-order valence-corrected chi connectivity index (χ2v) is 7.47. The molecule has 0 atom stereocenters. The van der Waals surface area contributed by atoms with Gasteiger partial charge in [0.25, 0.3) is 0 Å². The molecule has 0 amide bonds. The molecule has 0 spiro atoms. The van der Waals surface area contributed by atoms with Gasteiger partial charge in [-0.2, -0.15) is 5.10 Å². The number of rotatable bonds is 7. The number of nitrogens with zero attached hydrogens (tertiary/aromatic N) is 4. The van der Waals surface area contributed by atoms with E-state index in [-0.39, 0.29) is 23.1 Å². The third kappa shape index (κ3) is 5.69. The lowest BCUT2D eigenvalue weighted by Gasteiger charge is -2.06. The second kappa shape index (κ2) is 9.89. The number of azo groups is 1. The van der Waals surface area contributed by atoms with Crippen LogP contribution in [0.4, 0.5) is 21.5 Å². The average molecular weight is 473 g/mol. The highest BCUT2D eigenvalue weighted by molar-refractivity contribution is 9.10. The minimum absolute atomic E-state index is 0.0373. The van der Waals surface area contributed by atoms with Crippen LogP contribution < -0.4 is 11.2 Å². The molecule has 148 valence electrons. The van der Waals surface area contributed by atoms with Crippen LogP contribution in [0, 0.1) is 0 Å². The molecular weight excluding hydrogens is 456 g/mol. The zero-order chi connectivity index (χ0) is 20.6. The summed E-state index contributed by atoms with van der Waals surface area (Å²) in [4.78, 5) is 16.7. The van der Waals surface area contributed by atoms with Crippen LogP contribution in [-0.4, -0.2) is 23.3 Å². The third-order valence-corrected chi connectivity index (χ3v) is 4.77. The van der Waals surface area contributed by atoms with Crippen molar-refractivity contribution >= 4 is 60.5 Å². The number of aromatic nitrogens is 1. The number of hydrogen-bond acceptors (Lipinski definition) is 9. The molecule has 3 aromatic rings. The maximum Gasteiger partial charge on any atom is 0.361 e. The molecular formula is C19H17BrN6O2S. The molecule has 0 unspecified atom stereocenters. The number of hydrazone groups is 1. The summed E-state index contributed by atoms with van der Waals surface area (Å²) in [5, 5.41) is 13.2. The Labute approximate surface area is 179 Å². The fourth-order valence-corrected chi connectivity index (χ4v) is 3.11. The number of ether oxygens (including phenoxy) is 1. The summed E-state index contributed by atoms with van der Waals surface area (Å²) >= 11 is 4.48. The number of benzene rings is 2. The van der Waals surface area contributed by atoms with E-state index in [1.54, 1.807) is 6.92 Å². The van der Waals surface area contributed by atoms with Crippen LogP contribution in [0.3, 0.4) is 0 Å². The Balaban J connectivity index is 1.95. The van der Waals surface area contributed by atoms with E-state index in [0.717, 1.165) is 15.8 Å². The highest BCUT2D eigenvalue weighted by Gasteiger charge is 2.24. The van der Waals surface area contributed by atoms with Crippen molar-refractivity contribution in [3.8, 4) is 0 Å². The van der Waals surface area contributed by atoms with E-state index < -0.39 is 5.97 Å². The lowest BCUT2D eigenvalue weighted by molar-refractivity contribution is -0.134. The molecule has 0 saturated carbocycles. The average Bonchev–Trinajstić information content (AvgIpc) is 3.09. The number of nitrogen functional groups attached to an aromatic ring is 1. The van der Waals surface area contributed by atoms with Gasteiger partial charge in [0.05, 0.1) is 18.0 Å². The van der Waals surface area contributed by atoms with Gasteiger partial charge >= 0.3 is 5.97 Å². The Morgan fingerprint density at radius 2 is 1.90 bits per heavy atom. The number of nitrogens with two attached hydrogens (primary N) is 1. The maximum absolute atomic E-state index is 12.5. The van der Waals surface area contributed by atoms with Crippen molar-refractivity contribution < 1.29 is 9.53 Å². The Bertz CT molecular complexity index is 1030. The Hall–Kier alpha value is -3.11. The summed E-state index contributed by atoms with van der Waals surface area (Å²) in [6.07, 6.45) is 0. The lowest BCUT2D eigenvalue weighted by Crippen LogP contribution is -2.21. The van der Waals surface area contributed by atoms with Crippen LogP contribution in [0.25, 0.3) is 0 Å². The van der Waals surface area contributed by atoms with Gasteiger partial charge in [0.2, 0.25) is 0 Å². The largest absolute Gasteiger partial charge is 0.461 e. The van der Waals surface area contributed by atoms with E-state index in [0.29, 0.717) is 16.4 Å². The van der Waals surface area contributed by atoms with E-state index >= 15 is 0 Å².